The minimum Gasteiger partial charge on any atom is -0.467 e. The van der Waals surface area contributed by atoms with Crippen LogP contribution in [0, 0.1) is 18.7 Å². The molecule has 1 aliphatic heterocycles. The van der Waals surface area contributed by atoms with Crippen molar-refractivity contribution >= 4 is 28.1 Å². The number of hydrogen-bond acceptors (Lipinski definition) is 6. The van der Waals surface area contributed by atoms with Crippen LogP contribution in [0.3, 0.4) is 0 Å². The van der Waals surface area contributed by atoms with E-state index in [4.69, 9.17) is 8.94 Å². The number of halogens is 1. The molecule has 8 nitrogen and oxygen atoms in total. The molecule has 0 N–H and O–H groups in total. The Labute approximate surface area is 197 Å². The van der Waals surface area contributed by atoms with Crippen LogP contribution in [-0.4, -0.2) is 48.8 Å². The first-order valence-electron chi connectivity index (χ1n) is 10.9. The number of amides is 1. The van der Waals surface area contributed by atoms with Crippen LogP contribution in [0.4, 0.5) is 4.39 Å². The lowest BCUT2D eigenvalue weighted by molar-refractivity contribution is -0.136. The molecule has 0 spiro atoms. The van der Waals surface area contributed by atoms with E-state index in [-0.39, 0.29) is 41.3 Å². The third kappa shape index (κ3) is 4.97. The standard InChI is InChI=1S/C24H26FN3O5S/c1-17-23(22(33-26-17)10-9-18-6-3-4-8-21(18)25)34(30,31)28-13-11-19(12-14-28)24(29)27(2)16-20-7-5-15-32-20/h3-10,15,19H,11-14,16H2,1-2H3/b10-9+. The third-order valence-electron chi connectivity index (χ3n) is 5.90. The number of nitrogens with zero attached hydrogens (tertiary/aromatic N) is 3. The highest BCUT2D eigenvalue weighted by molar-refractivity contribution is 7.89. The normalized spacial score (nSPS) is 15.7. The minimum atomic E-state index is -3.91. The lowest BCUT2D eigenvalue weighted by Gasteiger charge is -2.32. The van der Waals surface area contributed by atoms with Gasteiger partial charge in [-0.05, 0) is 50.1 Å². The summed E-state index contributed by atoms with van der Waals surface area (Å²) in [4.78, 5) is 14.4. The number of carbonyl (C=O) groups is 1. The molecule has 0 bridgehead atoms. The van der Waals surface area contributed by atoms with Crippen molar-refractivity contribution in [1.82, 2.24) is 14.4 Å². The SMILES string of the molecule is Cc1noc(/C=C/c2ccccc2F)c1S(=O)(=O)N1CCC(C(=O)N(C)Cc2ccco2)CC1. The first-order chi connectivity index (χ1) is 16.3. The first kappa shape index (κ1) is 23.9. The van der Waals surface area contributed by atoms with Crippen LogP contribution in [0.2, 0.25) is 0 Å². The average molecular weight is 488 g/mol. The maximum absolute atomic E-state index is 13.9. The fraction of sp³-hybridized carbons (Fsp3) is 0.333. The summed E-state index contributed by atoms with van der Waals surface area (Å²) in [6, 6.07) is 9.73. The lowest BCUT2D eigenvalue weighted by atomic mass is 9.96. The Morgan fingerprint density at radius 2 is 1.94 bits per heavy atom. The molecular formula is C24H26FN3O5S. The van der Waals surface area contributed by atoms with Crippen molar-refractivity contribution in [2.45, 2.75) is 31.2 Å². The Kier molecular flexibility index (Phi) is 6.99. The summed E-state index contributed by atoms with van der Waals surface area (Å²) >= 11 is 0. The van der Waals surface area contributed by atoms with Gasteiger partial charge < -0.3 is 13.8 Å². The lowest BCUT2D eigenvalue weighted by Crippen LogP contribution is -2.43. The molecule has 0 radical (unpaired) electrons. The number of carbonyl (C=O) groups excluding carboxylic acids is 1. The number of piperidine rings is 1. The predicted molar refractivity (Wildman–Crippen MR) is 123 cm³/mol. The zero-order chi connectivity index (χ0) is 24.3. The zero-order valence-electron chi connectivity index (χ0n) is 19.0. The van der Waals surface area contributed by atoms with Gasteiger partial charge in [-0.1, -0.05) is 23.4 Å². The summed E-state index contributed by atoms with van der Waals surface area (Å²) in [7, 11) is -2.20. The minimum absolute atomic E-state index is 0.0388. The van der Waals surface area contributed by atoms with Crippen LogP contribution in [0.5, 0.6) is 0 Å². The third-order valence-corrected chi connectivity index (χ3v) is 7.96. The molecule has 0 unspecified atom stereocenters. The number of sulfonamides is 1. The Morgan fingerprint density at radius 3 is 2.62 bits per heavy atom. The van der Waals surface area contributed by atoms with Gasteiger partial charge in [-0.15, -0.1) is 0 Å². The van der Waals surface area contributed by atoms with Gasteiger partial charge in [-0.25, -0.2) is 12.8 Å². The maximum Gasteiger partial charge on any atom is 0.248 e. The van der Waals surface area contributed by atoms with Crippen molar-refractivity contribution in [3.63, 3.8) is 0 Å². The van der Waals surface area contributed by atoms with Crippen molar-refractivity contribution in [3.8, 4) is 0 Å². The van der Waals surface area contributed by atoms with Crippen LogP contribution in [-0.2, 0) is 21.4 Å². The fourth-order valence-corrected chi connectivity index (χ4v) is 5.79. The maximum atomic E-state index is 13.9. The van der Waals surface area contributed by atoms with Crippen molar-refractivity contribution in [3.05, 3.63) is 71.3 Å². The first-order valence-corrected chi connectivity index (χ1v) is 12.4. The molecule has 0 aliphatic carbocycles. The Bertz CT molecular complexity index is 1280. The van der Waals surface area contributed by atoms with Gasteiger partial charge >= 0.3 is 0 Å². The summed E-state index contributed by atoms with van der Waals surface area (Å²) < 4.78 is 52.6. The van der Waals surface area contributed by atoms with Gasteiger partial charge in [0.05, 0.1) is 12.8 Å². The van der Waals surface area contributed by atoms with Crippen LogP contribution in [0.25, 0.3) is 12.2 Å². The molecule has 34 heavy (non-hydrogen) atoms. The van der Waals surface area contributed by atoms with E-state index in [1.165, 1.54) is 22.5 Å². The summed E-state index contributed by atoms with van der Waals surface area (Å²) in [6.07, 6.45) is 5.24. The average Bonchev–Trinajstić information content (AvgIpc) is 3.47. The highest BCUT2D eigenvalue weighted by Crippen LogP contribution is 2.30. The Morgan fingerprint density at radius 1 is 1.21 bits per heavy atom. The Hall–Kier alpha value is -3.24. The number of furan rings is 1. The van der Waals surface area contributed by atoms with Crippen molar-refractivity contribution in [1.29, 1.82) is 0 Å². The second kappa shape index (κ2) is 9.94. The van der Waals surface area contributed by atoms with E-state index in [0.717, 1.165) is 0 Å². The van der Waals surface area contributed by atoms with E-state index in [0.29, 0.717) is 30.7 Å². The van der Waals surface area contributed by atoms with E-state index < -0.39 is 15.8 Å². The van der Waals surface area contributed by atoms with Crippen LogP contribution in [0.15, 0.2) is 56.5 Å². The molecule has 3 aromatic rings. The van der Waals surface area contributed by atoms with Gasteiger partial charge in [0.25, 0.3) is 0 Å². The van der Waals surface area contributed by atoms with E-state index in [1.54, 1.807) is 55.5 Å². The fourth-order valence-electron chi connectivity index (χ4n) is 4.07. The number of rotatable bonds is 7. The van der Waals surface area contributed by atoms with Crippen LogP contribution >= 0.6 is 0 Å². The van der Waals surface area contributed by atoms with Crippen LogP contribution < -0.4 is 0 Å². The van der Waals surface area contributed by atoms with E-state index in [9.17, 15) is 17.6 Å². The highest BCUT2D eigenvalue weighted by Gasteiger charge is 2.36. The number of hydrogen-bond donors (Lipinski definition) is 0. The van der Waals surface area contributed by atoms with E-state index in [1.807, 2.05) is 0 Å². The molecule has 1 aromatic carbocycles. The molecule has 4 rings (SSSR count). The smallest absolute Gasteiger partial charge is 0.248 e. The van der Waals surface area contributed by atoms with E-state index >= 15 is 0 Å². The molecule has 2 aromatic heterocycles. The molecular weight excluding hydrogens is 461 g/mol. The second-order valence-corrected chi connectivity index (χ2v) is 10.1. The van der Waals surface area contributed by atoms with E-state index in [2.05, 4.69) is 5.16 Å². The van der Waals surface area contributed by atoms with Gasteiger partial charge in [0, 0.05) is 31.6 Å². The molecule has 1 fully saturated rings. The van der Waals surface area contributed by atoms with Gasteiger partial charge in [0.15, 0.2) is 10.7 Å². The Balaban J connectivity index is 1.45. The van der Waals surface area contributed by atoms with Crippen molar-refractivity contribution in [2.24, 2.45) is 5.92 Å². The predicted octanol–water partition coefficient (Wildman–Crippen LogP) is 3.94. The molecule has 10 heteroatoms. The number of aromatic nitrogens is 1. The number of benzene rings is 1. The quantitative estimate of drug-likeness (QED) is 0.501. The summed E-state index contributed by atoms with van der Waals surface area (Å²) in [5.74, 6) is -0.00595. The topological polar surface area (TPSA) is 96.9 Å². The molecule has 1 aliphatic rings. The summed E-state index contributed by atoms with van der Waals surface area (Å²) in [5.41, 5.74) is 0.530. The largest absolute Gasteiger partial charge is 0.467 e. The molecule has 180 valence electrons. The molecule has 1 amide bonds. The van der Waals surface area contributed by atoms with Gasteiger partial charge in [-0.2, -0.15) is 4.31 Å². The molecule has 1 saturated heterocycles. The van der Waals surface area contributed by atoms with Crippen molar-refractivity contribution < 1.29 is 26.5 Å². The monoisotopic (exact) mass is 487 g/mol. The van der Waals surface area contributed by atoms with Crippen LogP contribution in [0.1, 0.15) is 35.6 Å². The summed E-state index contributed by atoms with van der Waals surface area (Å²) in [5, 5.41) is 3.82. The van der Waals surface area contributed by atoms with Crippen molar-refractivity contribution in [2.75, 3.05) is 20.1 Å². The van der Waals surface area contributed by atoms with Gasteiger partial charge in [0.1, 0.15) is 17.3 Å². The van der Waals surface area contributed by atoms with Gasteiger partial charge in [0.2, 0.25) is 15.9 Å². The summed E-state index contributed by atoms with van der Waals surface area (Å²) in [6.45, 7) is 2.32. The zero-order valence-corrected chi connectivity index (χ0v) is 19.8. The number of aryl methyl sites for hydroxylation is 1. The highest BCUT2D eigenvalue weighted by atomic mass is 32.2. The molecule has 0 atom stereocenters. The molecule has 3 heterocycles. The second-order valence-electron chi connectivity index (χ2n) is 8.27. The van der Waals surface area contributed by atoms with Gasteiger partial charge in [-0.3, -0.25) is 4.79 Å². The molecule has 0 saturated carbocycles.